The molecule has 1 atom stereocenters. The second kappa shape index (κ2) is 9.35. The van der Waals surface area contributed by atoms with Crippen LogP contribution in [0.5, 0.6) is 0 Å². The van der Waals surface area contributed by atoms with Crippen molar-refractivity contribution in [3.05, 3.63) is 34.9 Å². The largest absolute Gasteiger partial charge is 0.381 e. The second-order valence-electron chi connectivity index (χ2n) is 5.39. The number of hydrogen-bond donors (Lipinski definition) is 1. The van der Waals surface area contributed by atoms with Gasteiger partial charge in [-0.1, -0.05) is 37.6 Å². The molecule has 3 heteroatoms. The molecule has 0 heterocycles. The van der Waals surface area contributed by atoms with E-state index >= 15 is 0 Å². The molecule has 2 nitrogen and oxygen atoms in total. The maximum atomic E-state index is 6.06. The molecule has 0 aliphatic rings. The van der Waals surface area contributed by atoms with Crippen LogP contribution < -0.4 is 5.32 Å². The van der Waals surface area contributed by atoms with E-state index in [0.29, 0.717) is 11.8 Å². The van der Waals surface area contributed by atoms with Gasteiger partial charge in [-0.05, 0) is 49.4 Å². The minimum Gasteiger partial charge on any atom is -0.381 e. The number of ether oxygens (including phenoxy) is 1. The fourth-order valence-corrected chi connectivity index (χ4v) is 2.24. The fourth-order valence-electron chi connectivity index (χ4n) is 2.04. The van der Waals surface area contributed by atoms with Crippen molar-refractivity contribution in [3.63, 3.8) is 0 Å². The Bertz CT molecular complexity index is 354. The minimum atomic E-state index is 0.461. The average molecular weight is 284 g/mol. The smallest absolute Gasteiger partial charge is 0.0472 e. The molecule has 1 N–H and O–H groups in total. The highest BCUT2D eigenvalue weighted by Gasteiger charge is 2.11. The van der Waals surface area contributed by atoms with Crippen LogP contribution in [0.25, 0.3) is 0 Å². The van der Waals surface area contributed by atoms with Gasteiger partial charge >= 0.3 is 0 Å². The molecule has 19 heavy (non-hydrogen) atoms. The van der Waals surface area contributed by atoms with E-state index in [1.165, 1.54) is 5.56 Å². The molecular formula is C16H26ClNO. The van der Waals surface area contributed by atoms with Gasteiger partial charge in [0.25, 0.3) is 0 Å². The van der Waals surface area contributed by atoms with Gasteiger partial charge in [-0.15, -0.1) is 0 Å². The third kappa shape index (κ3) is 6.95. The summed E-state index contributed by atoms with van der Waals surface area (Å²) < 4.78 is 5.71. The van der Waals surface area contributed by atoms with Gasteiger partial charge < -0.3 is 10.1 Å². The Labute approximate surface area is 122 Å². The van der Waals surface area contributed by atoms with Crippen LogP contribution in [0.3, 0.4) is 0 Å². The Balaban J connectivity index is 2.40. The van der Waals surface area contributed by atoms with Crippen LogP contribution in [0.15, 0.2) is 24.3 Å². The van der Waals surface area contributed by atoms with Crippen molar-refractivity contribution < 1.29 is 4.74 Å². The summed E-state index contributed by atoms with van der Waals surface area (Å²) in [7, 11) is 1.98. The molecular weight excluding hydrogens is 258 g/mol. The number of nitrogens with one attached hydrogen (secondary N) is 1. The summed E-state index contributed by atoms with van der Waals surface area (Å²) in [4.78, 5) is 0. The number of rotatable bonds is 9. The average Bonchev–Trinajstić information content (AvgIpc) is 2.36. The van der Waals surface area contributed by atoms with E-state index in [1.807, 2.05) is 19.2 Å². The quantitative estimate of drug-likeness (QED) is 0.689. The van der Waals surface area contributed by atoms with Gasteiger partial charge in [-0.3, -0.25) is 0 Å². The summed E-state index contributed by atoms with van der Waals surface area (Å²) in [6, 6.07) is 8.13. The lowest BCUT2D eigenvalue weighted by Crippen LogP contribution is -2.19. The van der Waals surface area contributed by atoms with Crippen molar-refractivity contribution >= 4 is 11.6 Å². The minimum absolute atomic E-state index is 0.461. The van der Waals surface area contributed by atoms with Gasteiger partial charge in [0.05, 0.1) is 0 Å². The van der Waals surface area contributed by atoms with Gasteiger partial charge in [-0.2, -0.15) is 0 Å². The summed E-state index contributed by atoms with van der Waals surface area (Å²) >= 11 is 6.06. The zero-order valence-electron chi connectivity index (χ0n) is 12.3. The van der Waals surface area contributed by atoms with Gasteiger partial charge in [0.2, 0.25) is 0 Å². The molecule has 0 aliphatic heterocycles. The van der Waals surface area contributed by atoms with Crippen LogP contribution in [0.2, 0.25) is 5.02 Å². The Morgan fingerprint density at radius 1 is 1.21 bits per heavy atom. The number of likely N-dealkylation sites (N-methyl/N-ethyl adjacent to an activating group) is 1. The SMILES string of the molecule is CNCC(CCOCCC(C)C)c1cccc(Cl)c1. The fraction of sp³-hybridized carbons (Fsp3) is 0.625. The summed E-state index contributed by atoms with van der Waals surface area (Å²) in [5.74, 6) is 1.17. The number of benzene rings is 1. The molecule has 1 rings (SSSR count). The van der Waals surface area contributed by atoms with Crippen LogP contribution in [0.4, 0.5) is 0 Å². The highest BCUT2D eigenvalue weighted by Crippen LogP contribution is 2.22. The maximum Gasteiger partial charge on any atom is 0.0472 e. The van der Waals surface area contributed by atoms with Gasteiger partial charge in [0, 0.05) is 24.8 Å². The monoisotopic (exact) mass is 283 g/mol. The van der Waals surface area contributed by atoms with Crippen molar-refractivity contribution in [2.75, 3.05) is 26.8 Å². The first-order chi connectivity index (χ1) is 9.13. The zero-order chi connectivity index (χ0) is 14.1. The first kappa shape index (κ1) is 16.5. The predicted octanol–water partition coefficient (Wildman–Crippen LogP) is 4.10. The van der Waals surface area contributed by atoms with E-state index < -0.39 is 0 Å². The van der Waals surface area contributed by atoms with Crippen LogP contribution in [-0.2, 0) is 4.74 Å². The third-order valence-electron chi connectivity index (χ3n) is 3.22. The molecule has 0 bridgehead atoms. The van der Waals surface area contributed by atoms with Crippen molar-refractivity contribution in [2.45, 2.75) is 32.6 Å². The molecule has 0 saturated carbocycles. The molecule has 0 fully saturated rings. The summed E-state index contributed by atoms with van der Waals surface area (Å²) in [6.07, 6.45) is 2.16. The predicted molar refractivity (Wildman–Crippen MR) is 83.0 cm³/mol. The molecule has 108 valence electrons. The van der Waals surface area contributed by atoms with Crippen LogP contribution in [-0.4, -0.2) is 26.8 Å². The van der Waals surface area contributed by atoms with E-state index in [1.54, 1.807) is 0 Å². The van der Waals surface area contributed by atoms with Gasteiger partial charge in [0.1, 0.15) is 0 Å². The highest BCUT2D eigenvalue weighted by molar-refractivity contribution is 6.30. The number of hydrogen-bond acceptors (Lipinski definition) is 2. The zero-order valence-corrected chi connectivity index (χ0v) is 13.0. The standard InChI is InChI=1S/C16H26ClNO/c1-13(2)7-9-19-10-8-15(12-18-3)14-5-4-6-16(17)11-14/h4-6,11,13,15,18H,7-10,12H2,1-3H3. The van der Waals surface area contributed by atoms with E-state index in [9.17, 15) is 0 Å². The van der Waals surface area contributed by atoms with Crippen molar-refractivity contribution in [3.8, 4) is 0 Å². The number of halogens is 1. The second-order valence-corrected chi connectivity index (χ2v) is 5.83. The Morgan fingerprint density at radius 3 is 2.58 bits per heavy atom. The van der Waals surface area contributed by atoms with Crippen LogP contribution in [0.1, 0.15) is 38.2 Å². The highest BCUT2D eigenvalue weighted by atomic mass is 35.5. The molecule has 0 amide bonds. The van der Waals surface area contributed by atoms with Crippen LogP contribution in [0, 0.1) is 5.92 Å². The van der Waals surface area contributed by atoms with Crippen molar-refractivity contribution in [1.29, 1.82) is 0 Å². The summed E-state index contributed by atoms with van der Waals surface area (Å²) in [5.41, 5.74) is 1.29. The van der Waals surface area contributed by atoms with E-state index in [0.717, 1.165) is 37.6 Å². The molecule has 1 aromatic carbocycles. The molecule has 0 saturated heterocycles. The lowest BCUT2D eigenvalue weighted by molar-refractivity contribution is 0.117. The molecule has 0 aliphatic carbocycles. The maximum absolute atomic E-state index is 6.06. The summed E-state index contributed by atoms with van der Waals surface area (Å²) in [6.45, 7) is 7.07. The lowest BCUT2D eigenvalue weighted by Gasteiger charge is -2.17. The Kier molecular flexibility index (Phi) is 8.11. The van der Waals surface area contributed by atoms with Crippen molar-refractivity contribution in [2.24, 2.45) is 5.92 Å². The first-order valence-electron chi connectivity index (χ1n) is 7.11. The van der Waals surface area contributed by atoms with E-state index in [4.69, 9.17) is 16.3 Å². The Hall–Kier alpha value is -0.570. The topological polar surface area (TPSA) is 21.3 Å². The molecule has 0 aromatic heterocycles. The van der Waals surface area contributed by atoms with Gasteiger partial charge in [-0.25, -0.2) is 0 Å². The molecule has 1 unspecified atom stereocenters. The van der Waals surface area contributed by atoms with E-state index in [-0.39, 0.29) is 0 Å². The molecule has 0 spiro atoms. The molecule has 0 radical (unpaired) electrons. The lowest BCUT2D eigenvalue weighted by atomic mass is 9.96. The Morgan fingerprint density at radius 2 is 1.95 bits per heavy atom. The first-order valence-corrected chi connectivity index (χ1v) is 7.49. The molecule has 1 aromatic rings. The third-order valence-corrected chi connectivity index (χ3v) is 3.46. The van der Waals surface area contributed by atoms with Crippen LogP contribution >= 0.6 is 11.6 Å². The normalized spacial score (nSPS) is 12.9. The van der Waals surface area contributed by atoms with E-state index in [2.05, 4.69) is 31.3 Å². The van der Waals surface area contributed by atoms with Crippen molar-refractivity contribution in [1.82, 2.24) is 5.32 Å². The van der Waals surface area contributed by atoms with Gasteiger partial charge in [0.15, 0.2) is 0 Å². The summed E-state index contributed by atoms with van der Waals surface area (Å²) in [5, 5.41) is 4.05.